The first-order valence-corrected chi connectivity index (χ1v) is 8.59. The van der Waals surface area contributed by atoms with Crippen LogP contribution < -0.4 is 4.74 Å². The quantitative estimate of drug-likeness (QED) is 0.740. The molecule has 0 amide bonds. The highest BCUT2D eigenvalue weighted by atomic mass is 35.5. The zero-order valence-electron chi connectivity index (χ0n) is 14.2. The van der Waals surface area contributed by atoms with Gasteiger partial charge in [-0.05, 0) is 36.5 Å². The van der Waals surface area contributed by atoms with Gasteiger partial charge in [-0.25, -0.2) is 4.98 Å². The summed E-state index contributed by atoms with van der Waals surface area (Å²) in [6.07, 6.45) is 4.33. The van der Waals surface area contributed by atoms with Crippen molar-refractivity contribution in [1.29, 1.82) is 0 Å². The Morgan fingerprint density at radius 3 is 2.58 bits per heavy atom. The summed E-state index contributed by atoms with van der Waals surface area (Å²) in [4.78, 5) is 3.93. The summed E-state index contributed by atoms with van der Waals surface area (Å²) in [7, 11) is 0. The lowest BCUT2D eigenvalue weighted by atomic mass is 9.73. The average molecular weight is 372 g/mol. The third-order valence-corrected chi connectivity index (χ3v) is 4.70. The summed E-state index contributed by atoms with van der Waals surface area (Å²) < 4.78 is 7.35. The van der Waals surface area contributed by atoms with Crippen molar-refractivity contribution in [2.75, 3.05) is 6.61 Å². The van der Waals surface area contributed by atoms with Crippen molar-refractivity contribution in [1.82, 2.24) is 14.8 Å². The molecule has 0 aliphatic rings. The van der Waals surface area contributed by atoms with E-state index in [9.17, 15) is 5.11 Å². The molecule has 1 aromatic carbocycles. The van der Waals surface area contributed by atoms with Crippen LogP contribution in [-0.2, 0) is 6.54 Å². The van der Waals surface area contributed by atoms with Crippen molar-refractivity contribution in [3.63, 3.8) is 0 Å². The summed E-state index contributed by atoms with van der Waals surface area (Å²) in [5.74, 6) is 0.594. The number of benzene rings is 1. The highest BCUT2D eigenvalue weighted by Crippen LogP contribution is 2.36. The summed E-state index contributed by atoms with van der Waals surface area (Å²) in [6, 6.07) is 5.13. The van der Waals surface area contributed by atoms with E-state index in [2.05, 4.69) is 10.1 Å². The molecule has 7 heteroatoms. The largest absolute Gasteiger partial charge is 0.492 e. The fourth-order valence-electron chi connectivity index (χ4n) is 2.41. The van der Waals surface area contributed by atoms with Gasteiger partial charge >= 0.3 is 0 Å². The van der Waals surface area contributed by atoms with E-state index in [4.69, 9.17) is 27.9 Å². The van der Waals surface area contributed by atoms with Gasteiger partial charge in [0.1, 0.15) is 18.4 Å². The van der Waals surface area contributed by atoms with Gasteiger partial charge in [-0.1, -0.05) is 44.0 Å². The van der Waals surface area contributed by atoms with Crippen molar-refractivity contribution in [2.45, 2.75) is 45.8 Å². The molecule has 0 radical (unpaired) electrons. The maximum Gasteiger partial charge on any atom is 0.137 e. The second kappa shape index (κ2) is 7.72. The van der Waals surface area contributed by atoms with Crippen molar-refractivity contribution in [3.8, 4) is 5.75 Å². The molecule has 1 atom stereocenters. The van der Waals surface area contributed by atoms with Gasteiger partial charge < -0.3 is 9.84 Å². The second-order valence-electron chi connectivity index (χ2n) is 6.90. The van der Waals surface area contributed by atoms with Crippen LogP contribution in [0.4, 0.5) is 0 Å². The molecule has 2 aromatic rings. The first-order chi connectivity index (χ1) is 11.2. The fourth-order valence-corrected chi connectivity index (χ4v) is 2.88. The van der Waals surface area contributed by atoms with E-state index in [1.165, 1.54) is 6.33 Å². The number of aromatic nitrogens is 3. The standard InChI is InChI=1S/C17H23Cl2N3O2/c1-16(2,3)17(23,10-22-12-20-11-21-22)7-4-8-24-15-6-5-13(18)9-14(15)19/h5-6,9,11-12,23H,4,7-8,10H2,1-3H3. The van der Waals surface area contributed by atoms with Crippen LogP contribution in [-0.4, -0.2) is 32.1 Å². The van der Waals surface area contributed by atoms with Gasteiger partial charge in [-0.2, -0.15) is 5.10 Å². The molecule has 1 N–H and O–H groups in total. The Bertz CT molecular complexity index is 656. The monoisotopic (exact) mass is 371 g/mol. The predicted molar refractivity (Wildman–Crippen MR) is 95.6 cm³/mol. The SMILES string of the molecule is CC(C)(C)C(O)(CCCOc1ccc(Cl)cc1Cl)Cn1cncn1. The van der Waals surface area contributed by atoms with Gasteiger partial charge in [0.2, 0.25) is 0 Å². The van der Waals surface area contributed by atoms with Crippen LogP contribution in [0.25, 0.3) is 0 Å². The second-order valence-corrected chi connectivity index (χ2v) is 7.75. The molecule has 0 fully saturated rings. The van der Waals surface area contributed by atoms with Gasteiger partial charge in [0.15, 0.2) is 0 Å². The Morgan fingerprint density at radius 2 is 2.00 bits per heavy atom. The molecule has 2 rings (SSSR count). The first kappa shape index (κ1) is 19.0. The molecule has 0 saturated carbocycles. The molecular weight excluding hydrogens is 349 g/mol. The molecule has 1 aromatic heterocycles. The van der Waals surface area contributed by atoms with Gasteiger partial charge in [0.25, 0.3) is 0 Å². The minimum absolute atomic E-state index is 0.309. The summed E-state index contributed by atoms with van der Waals surface area (Å²) >= 11 is 12.0. The van der Waals surface area contributed by atoms with E-state index >= 15 is 0 Å². The lowest BCUT2D eigenvalue weighted by Crippen LogP contribution is -2.46. The number of rotatable bonds is 7. The zero-order valence-corrected chi connectivity index (χ0v) is 15.7. The molecule has 0 saturated heterocycles. The molecule has 24 heavy (non-hydrogen) atoms. The van der Waals surface area contributed by atoms with Crippen LogP contribution in [0.15, 0.2) is 30.9 Å². The molecule has 0 aliphatic heterocycles. The number of halogens is 2. The van der Waals surface area contributed by atoms with Crippen molar-refractivity contribution in [3.05, 3.63) is 40.9 Å². The third kappa shape index (κ3) is 4.85. The van der Waals surface area contributed by atoms with Crippen molar-refractivity contribution in [2.24, 2.45) is 5.41 Å². The molecule has 0 aliphatic carbocycles. The third-order valence-electron chi connectivity index (χ3n) is 4.17. The normalized spacial score (nSPS) is 14.4. The van der Waals surface area contributed by atoms with E-state index in [0.717, 1.165) is 0 Å². The highest BCUT2D eigenvalue weighted by Gasteiger charge is 2.40. The Kier molecular flexibility index (Phi) is 6.12. The number of hydrogen-bond donors (Lipinski definition) is 1. The number of hydrogen-bond acceptors (Lipinski definition) is 4. The van der Waals surface area contributed by atoms with E-state index < -0.39 is 5.60 Å². The molecule has 0 bridgehead atoms. The smallest absolute Gasteiger partial charge is 0.137 e. The lowest BCUT2D eigenvalue weighted by molar-refractivity contribution is -0.0825. The molecule has 1 heterocycles. The molecule has 0 spiro atoms. The van der Waals surface area contributed by atoms with E-state index in [1.54, 1.807) is 29.2 Å². The Hall–Kier alpha value is -1.30. The first-order valence-electron chi connectivity index (χ1n) is 7.84. The van der Waals surface area contributed by atoms with Crippen LogP contribution in [0.2, 0.25) is 10.0 Å². The van der Waals surface area contributed by atoms with Gasteiger partial charge in [0, 0.05) is 5.02 Å². The van der Waals surface area contributed by atoms with E-state index in [-0.39, 0.29) is 5.41 Å². The Labute approximate surface area is 152 Å². The Balaban J connectivity index is 1.93. The van der Waals surface area contributed by atoms with Gasteiger partial charge in [0.05, 0.1) is 23.8 Å². The predicted octanol–water partition coefficient (Wildman–Crippen LogP) is 4.22. The van der Waals surface area contributed by atoms with E-state index in [0.29, 0.717) is 41.8 Å². The topological polar surface area (TPSA) is 60.2 Å². The summed E-state index contributed by atoms with van der Waals surface area (Å²) in [5.41, 5.74) is -1.23. The molecule has 1 unspecified atom stereocenters. The van der Waals surface area contributed by atoms with Crippen molar-refractivity contribution >= 4 is 23.2 Å². The molecule has 132 valence electrons. The Morgan fingerprint density at radius 1 is 1.25 bits per heavy atom. The van der Waals surface area contributed by atoms with Crippen LogP contribution in [0.5, 0.6) is 5.75 Å². The number of nitrogens with zero attached hydrogens (tertiary/aromatic N) is 3. The zero-order chi connectivity index (χ0) is 17.8. The fraction of sp³-hybridized carbons (Fsp3) is 0.529. The van der Waals surface area contributed by atoms with Crippen molar-refractivity contribution < 1.29 is 9.84 Å². The van der Waals surface area contributed by atoms with Crippen LogP contribution in [0, 0.1) is 5.41 Å². The lowest BCUT2D eigenvalue weighted by Gasteiger charge is -2.40. The molecule has 5 nitrogen and oxygen atoms in total. The van der Waals surface area contributed by atoms with Crippen LogP contribution in [0.3, 0.4) is 0 Å². The number of ether oxygens (including phenoxy) is 1. The highest BCUT2D eigenvalue weighted by molar-refractivity contribution is 6.35. The van der Waals surface area contributed by atoms with Crippen LogP contribution >= 0.6 is 23.2 Å². The van der Waals surface area contributed by atoms with Gasteiger partial charge in [-0.15, -0.1) is 0 Å². The maximum absolute atomic E-state index is 11.1. The maximum atomic E-state index is 11.1. The average Bonchev–Trinajstić information content (AvgIpc) is 2.97. The van der Waals surface area contributed by atoms with E-state index in [1.807, 2.05) is 20.8 Å². The number of aliphatic hydroxyl groups is 1. The minimum Gasteiger partial charge on any atom is -0.492 e. The summed E-state index contributed by atoms with van der Waals surface area (Å²) in [6.45, 7) is 6.89. The molecular formula is C17H23Cl2N3O2. The minimum atomic E-state index is -0.923. The summed E-state index contributed by atoms with van der Waals surface area (Å²) in [5, 5.41) is 16.3. The van der Waals surface area contributed by atoms with Gasteiger partial charge in [-0.3, -0.25) is 4.68 Å². The van der Waals surface area contributed by atoms with Crippen LogP contribution in [0.1, 0.15) is 33.6 Å².